The molecule has 0 spiro atoms. The molecule has 0 saturated carbocycles. The quantitative estimate of drug-likeness (QED) is 0.646. The molecule has 7 heteroatoms. The second-order valence-electron chi connectivity index (χ2n) is 6.67. The number of carbonyl (C=O) groups excluding carboxylic acids is 1. The molecular weight excluding hydrogens is 368 g/mol. The van der Waals surface area contributed by atoms with Gasteiger partial charge in [-0.05, 0) is 62.2 Å². The topological polar surface area (TPSA) is 85.4 Å². The maximum atomic E-state index is 12.7. The molecule has 0 aliphatic rings. The maximum absolute atomic E-state index is 12.7. The van der Waals surface area contributed by atoms with Gasteiger partial charge in [0, 0.05) is 23.1 Å². The smallest absolute Gasteiger partial charge is 0.274 e. The van der Waals surface area contributed by atoms with Crippen LogP contribution in [0.4, 0.5) is 17.3 Å². The summed E-state index contributed by atoms with van der Waals surface area (Å²) in [5.74, 6) is 1.14. The molecule has 1 aromatic heterocycles. The van der Waals surface area contributed by atoms with Gasteiger partial charge in [-0.15, -0.1) is 0 Å². The van der Waals surface area contributed by atoms with Crippen molar-refractivity contribution in [3.8, 4) is 11.5 Å². The Labute approximate surface area is 170 Å². The second kappa shape index (κ2) is 8.60. The van der Waals surface area contributed by atoms with Gasteiger partial charge in [0.2, 0.25) is 5.95 Å². The lowest BCUT2D eigenvalue weighted by atomic mass is 10.1. The fourth-order valence-corrected chi connectivity index (χ4v) is 2.80. The summed E-state index contributed by atoms with van der Waals surface area (Å²) in [6.45, 7) is 5.92. The van der Waals surface area contributed by atoms with E-state index in [1.807, 2.05) is 32.0 Å². The molecule has 0 fully saturated rings. The van der Waals surface area contributed by atoms with E-state index in [1.54, 1.807) is 38.5 Å². The van der Waals surface area contributed by atoms with Crippen molar-refractivity contribution in [1.29, 1.82) is 0 Å². The summed E-state index contributed by atoms with van der Waals surface area (Å²) in [7, 11) is 3.10. The number of hydrogen-bond acceptors (Lipinski definition) is 6. The predicted octanol–water partition coefficient (Wildman–Crippen LogP) is 4.41. The van der Waals surface area contributed by atoms with Crippen LogP contribution in [0.2, 0.25) is 0 Å². The first kappa shape index (κ1) is 20.1. The fraction of sp³-hybridized carbons (Fsp3) is 0.227. The summed E-state index contributed by atoms with van der Waals surface area (Å²) in [6.07, 6.45) is 0. The number of aryl methyl sites for hydroxylation is 3. The number of ether oxygens (including phenoxy) is 2. The summed E-state index contributed by atoms with van der Waals surface area (Å²) in [5, 5.41) is 5.99. The first-order valence-corrected chi connectivity index (χ1v) is 9.13. The van der Waals surface area contributed by atoms with Gasteiger partial charge in [-0.3, -0.25) is 4.79 Å². The number of nitrogens with zero attached hydrogens (tertiary/aromatic N) is 2. The third-order valence-electron chi connectivity index (χ3n) is 4.49. The molecule has 3 rings (SSSR count). The van der Waals surface area contributed by atoms with Crippen LogP contribution in [-0.4, -0.2) is 30.1 Å². The third-order valence-corrected chi connectivity index (χ3v) is 4.49. The lowest BCUT2D eigenvalue weighted by Gasteiger charge is -2.12. The van der Waals surface area contributed by atoms with E-state index in [4.69, 9.17) is 9.47 Å². The lowest BCUT2D eigenvalue weighted by Crippen LogP contribution is -2.15. The highest BCUT2D eigenvalue weighted by molar-refractivity contribution is 6.03. The van der Waals surface area contributed by atoms with Crippen LogP contribution in [0.5, 0.6) is 11.5 Å². The van der Waals surface area contributed by atoms with Crippen molar-refractivity contribution in [2.45, 2.75) is 20.8 Å². The molecule has 0 saturated heterocycles. The van der Waals surface area contributed by atoms with Gasteiger partial charge in [0.15, 0.2) is 11.5 Å². The minimum Gasteiger partial charge on any atom is -0.493 e. The van der Waals surface area contributed by atoms with Crippen molar-refractivity contribution in [3.63, 3.8) is 0 Å². The van der Waals surface area contributed by atoms with Crippen LogP contribution in [0.3, 0.4) is 0 Å². The predicted molar refractivity (Wildman–Crippen MR) is 113 cm³/mol. The number of benzene rings is 2. The Hall–Kier alpha value is -3.61. The first-order valence-electron chi connectivity index (χ1n) is 9.13. The Kier molecular flexibility index (Phi) is 5.97. The standard InChI is InChI=1S/C22H24N4O3/c1-13-6-7-16(10-14(13)2)25-22-23-15(3)11-18(26-22)21(27)24-17-8-9-19(28-4)20(12-17)29-5/h6-12H,1-5H3,(H,24,27)(H,23,25,26). The van der Waals surface area contributed by atoms with E-state index >= 15 is 0 Å². The summed E-state index contributed by atoms with van der Waals surface area (Å²) >= 11 is 0. The summed E-state index contributed by atoms with van der Waals surface area (Å²) in [5.41, 5.74) is 4.75. The van der Waals surface area contributed by atoms with Crippen molar-refractivity contribution >= 4 is 23.2 Å². The monoisotopic (exact) mass is 392 g/mol. The molecule has 0 atom stereocenters. The number of methoxy groups -OCH3 is 2. The number of hydrogen-bond donors (Lipinski definition) is 2. The normalized spacial score (nSPS) is 10.4. The van der Waals surface area contributed by atoms with Gasteiger partial charge < -0.3 is 20.1 Å². The molecule has 1 heterocycles. The Balaban J connectivity index is 1.81. The van der Waals surface area contributed by atoms with Crippen LogP contribution in [0.25, 0.3) is 0 Å². The Bertz CT molecular complexity index is 1050. The molecule has 1 amide bonds. The molecule has 0 bridgehead atoms. The van der Waals surface area contributed by atoms with E-state index in [0.29, 0.717) is 28.8 Å². The van der Waals surface area contributed by atoms with Crippen LogP contribution in [-0.2, 0) is 0 Å². The number of aromatic nitrogens is 2. The Morgan fingerprint density at radius 1 is 0.828 bits per heavy atom. The van der Waals surface area contributed by atoms with E-state index in [0.717, 1.165) is 11.3 Å². The van der Waals surface area contributed by atoms with Crippen molar-refractivity contribution in [2.24, 2.45) is 0 Å². The highest BCUT2D eigenvalue weighted by Crippen LogP contribution is 2.30. The van der Waals surface area contributed by atoms with Gasteiger partial charge in [-0.25, -0.2) is 9.97 Å². The molecule has 2 aromatic carbocycles. The number of anilines is 3. The minimum atomic E-state index is -0.342. The fourth-order valence-electron chi connectivity index (χ4n) is 2.80. The largest absolute Gasteiger partial charge is 0.493 e. The average Bonchev–Trinajstić information content (AvgIpc) is 2.70. The van der Waals surface area contributed by atoms with Crippen LogP contribution in [0.1, 0.15) is 27.3 Å². The van der Waals surface area contributed by atoms with Crippen LogP contribution >= 0.6 is 0 Å². The van der Waals surface area contributed by atoms with Crippen molar-refractivity contribution in [3.05, 3.63) is 65.0 Å². The van der Waals surface area contributed by atoms with Crippen LogP contribution in [0.15, 0.2) is 42.5 Å². The van der Waals surface area contributed by atoms with E-state index < -0.39 is 0 Å². The van der Waals surface area contributed by atoms with E-state index in [9.17, 15) is 4.79 Å². The number of rotatable bonds is 6. The van der Waals surface area contributed by atoms with Gasteiger partial charge in [-0.2, -0.15) is 0 Å². The molecule has 0 radical (unpaired) electrons. The molecule has 0 unspecified atom stereocenters. The summed E-state index contributed by atoms with van der Waals surface area (Å²) in [4.78, 5) is 21.5. The maximum Gasteiger partial charge on any atom is 0.274 e. The molecular formula is C22H24N4O3. The van der Waals surface area contributed by atoms with Gasteiger partial charge in [-0.1, -0.05) is 6.07 Å². The molecule has 2 N–H and O–H groups in total. The molecule has 0 aliphatic heterocycles. The molecule has 7 nitrogen and oxygen atoms in total. The SMILES string of the molecule is COc1ccc(NC(=O)c2cc(C)nc(Nc3ccc(C)c(C)c3)n2)cc1OC. The number of carbonyl (C=O) groups is 1. The van der Waals surface area contributed by atoms with Crippen molar-refractivity contribution < 1.29 is 14.3 Å². The highest BCUT2D eigenvalue weighted by atomic mass is 16.5. The molecule has 150 valence electrons. The summed E-state index contributed by atoms with van der Waals surface area (Å²) in [6, 6.07) is 12.8. The molecule has 0 aliphatic carbocycles. The zero-order valence-corrected chi connectivity index (χ0v) is 17.2. The van der Waals surface area contributed by atoms with Gasteiger partial charge in [0.25, 0.3) is 5.91 Å². The highest BCUT2D eigenvalue weighted by Gasteiger charge is 2.13. The van der Waals surface area contributed by atoms with Crippen LogP contribution in [0, 0.1) is 20.8 Å². The Morgan fingerprint density at radius 3 is 2.24 bits per heavy atom. The Morgan fingerprint density at radius 2 is 1.55 bits per heavy atom. The minimum absolute atomic E-state index is 0.263. The third kappa shape index (κ3) is 4.82. The van der Waals surface area contributed by atoms with E-state index in [-0.39, 0.29) is 11.6 Å². The summed E-state index contributed by atoms with van der Waals surface area (Å²) < 4.78 is 10.5. The second-order valence-corrected chi connectivity index (χ2v) is 6.67. The van der Waals surface area contributed by atoms with Gasteiger partial charge >= 0.3 is 0 Å². The van der Waals surface area contributed by atoms with Gasteiger partial charge in [0.05, 0.1) is 14.2 Å². The first-order chi connectivity index (χ1) is 13.9. The molecule has 29 heavy (non-hydrogen) atoms. The number of amides is 1. The van der Waals surface area contributed by atoms with Crippen molar-refractivity contribution in [2.75, 3.05) is 24.9 Å². The van der Waals surface area contributed by atoms with E-state index in [1.165, 1.54) is 5.56 Å². The number of nitrogens with one attached hydrogen (secondary N) is 2. The zero-order chi connectivity index (χ0) is 21.0. The zero-order valence-electron chi connectivity index (χ0n) is 17.2. The molecule has 3 aromatic rings. The van der Waals surface area contributed by atoms with Crippen LogP contribution < -0.4 is 20.1 Å². The average molecular weight is 392 g/mol. The van der Waals surface area contributed by atoms with E-state index in [2.05, 4.69) is 27.5 Å². The van der Waals surface area contributed by atoms with Gasteiger partial charge in [0.1, 0.15) is 5.69 Å². The van der Waals surface area contributed by atoms with Crippen molar-refractivity contribution in [1.82, 2.24) is 9.97 Å². The lowest BCUT2D eigenvalue weighted by molar-refractivity contribution is 0.102.